The van der Waals surface area contributed by atoms with Crippen molar-refractivity contribution in [3.63, 3.8) is 0 Å². The summed E-state index contributed by atoms with van der Waals surface area (Å²) in [6.45, 7) is 8.80. The normalized spacial score (nSPS) is 18.3. The van der Waals surface area contributed by atoms with E-state index in [-0.39, 0.29) is 35.7 Å². The van der Waals surface area contributed by atoms with Crippen LogP contribution in [0.4, 0.5) is 9.59 Å². The van der Waals surface area contributed by atoms with Gasteiger partial charge in [0, 0.05) is 44.4 Å². The third-order valence-corrected chi connectivity index (χ3v) is 11.9. The highest BCUT2D eigenvalue weighted by Crippen LogP contribution is 2.40. The Bertz CT molecular complexity index is 2070. The van der Waals surface area contributed by atoms with E-state index in [4.69, 9.17) is 19.4 Å². The van der Waals surface area contributed by atoms with E-state index in [2.05, 4.69) is 57.0 Å². The molecular weight excluding hydrogens is 721 g/mol. The van der Waals surface area contributed by atoms with Crippen LogP contribution < -0.4 is 10.6 Å². The molecule has 2 fully saturated rings. The lowest BCUT2D eigenvalue weighted by Gasteiger charge is -2.30. The van der Waals surface area contributed by atoms with Crippen molar-refractivity contribution in [3.8, 4) is 22.5 Å². The van der Waals surface area contributed by atoms with Gasteiger partial charge < -0.3 is 39.9 Å². The SMILES string of the molecule is COC(=O)NC(C(=O)N1CCC[C@H]1c1ncc(-c2ccc3c(c2)sc2cc(-c4cnc([C@@H]5CCCN5C(=O)[C@@H](NC(=O)OC)C(C)C)[nH]4)ccc23)[nH]1)C(C)C. The number of rotatable bonds is 10. The minimum absolute atomic E-state index is 0.108. The number of aromatic amines is 2. The van der Waals surface area contributed by atoms with Crippen LogP contribution >= 0.6 is 11.3 Å². The number of amides is 4. The predicted octanol–water partition coefficient (Wildman–Crippen LogP) is 6.92. The largest absolute Gasteiger partial charge is 0.453 e. The van der Waals surface area contributed by atoms with Gasteiger partial charge in [-0.25, -0.2) is 19.6 Å². The van der Waals surface area contributed by atoms with Crippen LogP contribution in [0.1, 0.15) is 77.1 Å². The Morgan fingerprint density at radius 3 is 1.51 bits per heavy atom. The van der Waals surface area contributed by atoms with Crippen LogP contribution in [0.2, 0.25) is 0 Å². The van der Waals surface area contributed by atoms with Gasteiger partial charge in [-0.2, -0.15) is 0 Å². The summed E-state index contributed by atoms with van der Waals surface area (Å²) in [5.41, 5.74) is 3.73. The van der Waals surface area contributed by atoms with E-state index in [1.54, 1.807) is 11.3 Å². The van der Waals surface area contributed by atoms with E-state index in [0.717, 1.165) is 80.0 Å². The molecule has 0 saturated carbocycles. The molecule has 2 aliphatic heterocycles. The Labute approximate surface area is 323 Å². The predicted molar refractivity (Wildman–Crippen MR) is 210 cm³/mol. The smallest absolute Gasteiger partial charge is 0.407 e. The molecule has 14 nitrogen and oxygen atoms in total. The Hall–Kier alpha value is -5.44. The molecule has 4 amide bonds. The van der Waals surface area contributed by atoms with Crippen molar-refractivity contribution in [1.29, 1.82) is 0 Å². The maximum absolute atomic E-state index is 13.6. The van der Waals surface area contributed by atoms with Crippen molar-refractivity contribution in [1.82, 2.24) is 40.4 Å². The molecule has 0 bridgehead atoms. The monoisotopic (exact) mass is 768 g/mol. The Morgan fingerprint density at radius 1 is 0.709 bits per heavy atom. The molecule has 15 heteroatoms. The number of likely N-dealkylation sites (tertiary alicyclic amines) is 2. The van der Waals surface area contributed by atoms with Gasteiger partial charge in [0.15, 0.2) is 0 Å². The number of nitrogens with one attached hydrogen (secondary N) is 4. The summed E-state index contributed by atoms with van der Waals surface area (Å²) in [5, 5.41) is 7.72. The minimum Gasteiger partial charge on any atom is -0.453 e. The molecule has 0 spiro atoms. The van der Waals surface area contributed by atoms with Gasteiger partial charge in [0.25, 0.3) is 0 Å². The number of thiophene rings is 1. The van der Waals surface area contributed by atoms with E-state index in [1.165, 1.54) is 14.2 Å². The average Bonchev–Trinajstić information content (AvgIpc) is 4.02. The number of benzene rings is 2. The number of hydrogen-bond acceptors (Lipinski definition) is 9. The van der Waals surface area contributed by atoms with Crippen molar-refractivity contribution >= 4 is 55.5 Å². The zero-order valence-electron chi connectivity index (χ0n) is 32.0. The maximum atomic E-state index is 13.6. The number of carbonyl (C=O) groups excluding carboxylic acids is 4. The number of ether oxygens (including phenoxy) is 2. The van der Waals surface area contributed by atoms with Gasteiger partial charge in [0.05, 0.1) is 50.1 Å². The fourth-order valence-electron chi connectivity index (χ4n) is 7.80. The number of carbonyl (C=O) groups is 4. The lowest BCUT2D eigenvalue weighted by molar-refractivity contribution is -0.136. The van der Waals surface area contributed by atoms with E-state index in [1.807, 2.05) is 49.9 Å². The zero-order valence-corrected chi connectivity index (χ0v) is 32.8. The molecular formula is C40H48N8O6S. The second-order valence-corrected chi connectivity index (χ2v) is 16.1. The first kappa shape index (κ1) is 37.9. The van der Waals surface area contributed by atoms with Gasteiger partial charge in [-0.1, -0.05) is 52.0 Å². The summed E-state index contributed by atoms with van der Waals surface area (Å²) in [5.74, 6) is 0.955. The number of imidazole rings is 2. The van der Waals surface area contributed by atoms with Crippen LogP contribution in [0, 0.1) is 11.8 Å². The summed E-state index contributed by atoms with van der Waals surface area (Å²) in [6, 6.07) is 11.0. The quantitative estimate of drug-likeness (QED) is 0.118. The second-order valence-electron chi connectivity index (χ2n) is 15.0. The first-order valence-corrected chi connectivity index (χ1v) is 19.7. The highest BCUT2D eigenvalue weighted by Gasteiger charge is 2.39. The van der Waals surface area contributed by atoms with E-state index in [0.29, 0.717) is 13.1 Å². The standard InChI is InChI=1S/C40H48N8O6S/c1-21(2)33(45-39(51)53-5)37(49)47-15-7-9-29(47)35-41-19-27(43-35)23-11-13-25-26-14-12-24(18-32(26)55-31(25)17-23)28-20-42-36(44-28)30-10-8-16-48(30)38(50)34(22(3)4)46-40(52)54-6/h11-14,17-22,29-30,33-34H,7-10,15-16H2,1-6H3,(H,41,43)(H,42,44)(H,45,51)(H,46,52)/t29-,30-,33-,34?/m0/s1. The molecule has 2 aromatic carbocycles. The maximum Gasteiger partial charge on any atom is 0.407 e. The summed E-state index contributed by atoms with van der Waals surface area (Å²) < 4.78 is 11.8. The molecule has 3 aromatic heterocycles. The minimum atomic E-state index is -0.692. The lowest BCUT2D eigenvalue weighted by atomic mass is 10.0. The molecule has 5 aromatic rings. The molecule has 7 rings (SSSR count). The van der Waals surface area contributed by atoms with Crippen LogP contribution in [0.5, 0.6) is 0 Å². The van der Waals surface area contributed by atoms with Gasteiger partial charge in [0.2, 0.25) is 11.8 Å². The van der Waals surface area contributed by atoms with Crippen molar-refractivity contribution in [2.24, 2.45) is 11.8 Å². The number of H-pyrrole nitrogens is 2. The highest BCUT2D eigenvalue weighted by atomic mass is 32.1. The van der Waals surface area contributed by atoms with Gasteiger partial charge in [-0.3, -0.25) is 9.59 Å². The molecule has 2 aliphatic rings. The van der Waals surface area contributed by atoms with E-state index in [9.17, 15) is 19.2 Å². The first-order valence-electron chi connectivity index (χ1n) is 18.8. The molecule has 5 heterocycles. The van der Waals surface area contributed by atoms with Crippen LogP contribution in [0.25, 0.3) is 42.7 Å². The number of fused-ring (bicyclic) bond motifs is 3. The van der Waals surface area contributed by atoms with Crippen LogP contribution in [0.3, 0.4) is 0 Å². The number of methoxy groups -OCH3 is 2. The van der Waals surface area contributed by atoms with Crippen molar-refractivity contribution in [2.45, 2.75) is 77.5 Å². The Morgan fingerprint density at radius 2 is 1.13 bits per heavy atom. The second kappa shape index (κ2) is 15.7. The first-order chi connectivity index (χ1) is 26.5. The Kier molecular flexibility index (Phi) is 10.8. The topological polar surface area (TPSA) is 175 Å². The van der Waals surface area contributed by atoms with Crippen LogP contribution in [-0.2, 0) is 19.1 Å². The third-order valence-electron chi connectivity index (χ3n) is 10.8. The number of alkyl carbamates (subject to hydrolysis) is 2. The molecule has 1 unspecified atom stereocenters. The van der Waals surface area contributed by atoms with Crippen LogP contribution in [0.15, 0.2) is 48.8 Å². The summed E-state index contributed by atoms with van der Waals surface area (Å²) in [7, 11) is 2.58. The molecule has 4 atom stereocenters. The average molecular weight is 769 g/mol. The fourth-order valence-corrected chi connectivity index (χ4v) is 8.99. The van der Waals surface area contributed by atoms with Gasteiger partial charge >= 0.3 is 12.2 Å². The molecule has 55 heavy (non-hydrogen) atoms. The van der Waals surface area contributed by atoms with E-state index < -0.39 is 24.3 Å². The van der Waals surface area contributed by atoms with Crippen molar-refractivity contribution < 1.29 is 28.7 Å². The van der Waals surface area contributed by atoms with Gasteiger partial charge in [-0.15, -0.1) is 11.3 Å². The van der Waals surface area contributed by atoms with Gasteiger partial charge in [0.1, 0.15) is 23.7 Å². The molecule has 0 radical (unpaired) electrons. The van der Waals surface area contributed by atoms with Crippen molar-refractivity contribution in [2.75, 3.05) is 27.3 Å². The number of hydrogen-bond donors (Lipinski definition) is 4. The fraction of sp³-hybridized carbons (Fsp3) is 0.450. The lowest BCUT2D eigenvalue weighted by Crippen LogP contribution is -2.51. The summed E-state index contributed by atoms with van der Waals surface area (Å²) >= 11 is 1.71. The molecule has 4 N–H and O–H groups in total. The molecule has 290 valence electrons. The van der Waals surface area contributed by atoms with Crippen molar-refractivity contribution in [3.05, 3.63) is 60.4 Å². The Balaban J connectivity index is 1.09. The third kappa shape index (κ3) is 7.49. The highest BCUT2D eigenvalue weighted by molar-refractivity contribution is 7.25. The zero-order chi connectivity index (χ0) is 39.0. The van der Waals surface area contributed by atoms with Crippen LogP contribution in [-0.4, -0.2) is 93.1 Å². The number of nitrogens with zero attached hydrogens (tertiary/aromatic N) is 4. The summed E-state index contributed by atoms with van der Waals surface area (Å²) in [4.78, 5) is 71.2. The van der Waals surface area contributed by atoms with Gasteiger partial charge in [-0.05, 0) is 49.7 Å². The number of aromatic nitrogens is 4. The summed E-state index contributed by atoms with van der Waals surface area (Å²) in [6.07, 6.45) is 5.65. The molecule has 2 saturated heterocycles. The van der Waals surface area contributed by atoms with E-state index >= 15 is 0 Å². The molecule has 0 aliphatic carbocycles.